The van der Waals surface area contributed by atoms with E-state index >= 15 is 0 Å². The van der Waals surface area contributed by atoms with Crippen LogP contribution in [0.25, 0.3) is 0 Å². The normalized spacial score (nSPS) is 21.0. The van der Waals surface area contributed by atoms with Crippen LogP contribution in [0.15, 0.2) is 12.1 Å². The molecule has 0 spiro atoms. The van der Waals surface area contributed by atoms with Crippen molar-refractivity contribution in [3.05, 3.63) is 12.1 Å². The molecule has 2 saturated carbocycles. The first-order valence-electron chi connectivity index (χ1n) is 4.94. The van der Waals surface area contributed by atoms with Gasteiger partial charge in [-0.1, -0.05) is 0 Å². The molecule has 0 bridgehead atoms. The lowest BCUT2D eigenvalue weighted by Gasteiger charge is -2.00. The van der Waals surface area contributed by atoms with Gasteiger partial charge in [0.2, 0.25) is 5.83 Å². The summed E-state index contributed by atoms with van der Waals surface area (Å²) in [7, 11) is 0. The summed E-state index contributed by atoms with van der Waals surface area (Å²) in [6.07, 6.45) is 3.49. The second-order valence-corrected chi connectivity index (χ2v) is 3.78. The van der Waals surface area contributed by atoms with Crippen LogP contribution in [-0.2, 0) is 19.1 Å². The zero-order valence-corrected chi connectivity index (χ0v) is 8.07. The molecule has 2 rings (SSSR count). The summed E-state index contributed by atoms with van der Waals surface area (Å²) in [5.41, 5.74) is 0. The quantitative estimate of drug-likeness (QED) is 0.404. The van der Waals surface area contributed by atoms with Crippen LogP contribution in [-0.4, -0.2) is 18.0 Å². The maximum Gasteiger partial charge on any atom is 0.370 e. The number of ether oxygens (including phenoxy) is 2. The van der Waals surface area contributed by atoms with Crippen LogP contribution >= 0.6 is 0 Å². The summed E-state index contributed by atoms with van der Waals surface area (Å²) in [5.74, 6) is -2.81. The van der Waals surface area contributed by atoms with E-state index in [1.54, 1.807) is 0 Å². The highest BCUT2D eigenvalue weighted by atomic mass is 19.1. The SMILES string of the molecule is O=C(OC1CC1)/C(F)=C\OC(=O)C1CC1. The van der Waals surface area contributed by atoms with Crippen molar-refractivity contribution in [3.8, 4) is 0 Å². The summed E-state index contributed by atoms with van der Waals surface area (Å²) < 4.78 is 22.1. The van der Waals surface area contributed by atoms with E-state index in [9.17, 15) is 14.0 Å². The van der Waals surface area contributed by atoms with E-state index in [-0.39, 0.29) is 12.0 Å². The summed E-state index contributed by atoms with van der Waals surface area (Å²) in [6, 6.07) is 0. The molecule has 0 amide bonds. The number of hydrogen-bond donors (Lipinski definition) is 0. The number of hydrogen-bond acceptors (Lipinski definition) is 4. The monoisotopic (exact) mass is 214 g/mol. The molecule has 5 heteroatoms. The number of esters is 2. The van der Waals surface area contributed by atoms with Crippen LogP contribution in [0, 0.1) is 5.92 Å². The van der Waals surface area contributed by atoms with Crippen molar-refractivity contribution < 1.29 is 23.5 Å². The van der Waals surface area contributed by atoms with Crippen LogP contribution in [0.3, 0.4) is 0 Å². The Morgan fingerprint density at radius 3 is 2.40 bits per heavy atom. The van der Waals surface area contributed by atoms with Gasteiger partial charge in [0.05, 0.1) is 5.92 Å². The highest BCUT2D eigenvalue weighted by molar-refractivity contribution is 5.86. The Morgan fingerprint density at radius 1 is 1.20 bits per heavy atom. The van der Waals surface area contributed by atoms with Gasteiger partial charge in [-0.3, -0.25) is 4.79 Å². The summed E-state index contributed by atoms with van der Waals surface area (Å²) in [5, 5.41) is 0. The Labute approximate surface area is 86.0 Å². The lowest BCUT2D eigenvalue weighted by atomic mass is 10.4. The molecule has 2 fully saturated rings. The van der Waals surface area contributed by atoms with Crippen LogP contribution < -0.4 is 0 Å². The van der Waals surface area contributed by atoms with Crippen LogP contribution in [0.5, 0.6) is 0 Å². The molecular formula is C10H11FO4. The average Bonchev–Trinajstić information content (AvgIpc) is 3.01. The van der Waals surface area contributed by atoms with Crippen LogP contribution in [0.1, 0.15) is 25.7 Å². The van der Waals surface area contributed by atoms with Crippen LogP contribution in [0.2, 0.25) is 0 Å². The van der Waals surface area contributed by atoms with Crippen molar-refractivity contribution >= 4 is 11.9 Å². The van der Waals surface area contributed by atoms with Gasteiger partial charge in [-0.2, -0.15) is 4.39 Å². The zero-order chi connectivity index (χ0) is 10.8. The van der Waals surface area contributed by atoms with E-state index in [0.717, 1.165) is 25.7 Å². The van der Waals surface area contributed by atoms with Crippen LogP contribution in [0.4, 0.5) is 4.39 Å². The lowest BCUT2D eigenvalue weighted by Crippen LogP contribution is -2.08. The highest BCUT2D eigenvalue weighted by Gasteiger charge is 2.32. The minimum atomic E-state index is -1.16. The Bertz CT molecular complexity index is 315. The number of halogens is 1. The molecule has 0 aromatic carbocycles. The second kappa shape index (κ2) is 4.00. The third-order valence-electron chi connectivity index (χ3n) is 2.18. The molecule has 82 valence electrons. The van der Waals surface area contributed by atoms with Gasteiger partial charge >= 0.3 is 11.9 Å². The standard InChI is InChI=1S/C10H11FO4/c11-8(10(13)15-7-3-4-7)5-14-9(12)6-1-2-6/h5-7H,1-4H2/b8-5+. The average molecular weight is 214 g/mol. The minimum absolute atomic E-state index is 0.117. The van der Waals surface area contributed by atoms with E-state index < -0.39 is 17.8 Å². The smallest absolute Gasteiger partial charge is 0.370 e. The predicted molar refractivity (Wildman–Crippen MR) is 47.1 cm³/mol. The second-order valence-electron chi connectivity index (χ2n) is 3.78. The fraction of sp³-hybridized carbons (Fsp3) is 0.600. The van der Waals surface area contributed by atoms with Gasteiger partial charge in [0.1, 0.15) is 12.4 Å². The molecule has 4 nitrogen and oxygen atoms in total. The largest absolute Gasteiger partial charge is 0.457 e. The number of rotatable bonds is 4. The maximum atomic E-state index is 12.9. The molecule has 2 aliphatic rings. The first-order chi connectivity index (χ1) is 7.16. The first kappa shape index (κ1) is 10.1. The van der Waals surface area contributed by atoms with Gasteiger partial charge < -0.3 is 9.47 Å². The van der Waals surface area contributed by atoms with E-state index in [2.05, 4.69) is 9.47 Å². The molecule has 0 aromatic heterocycles. The molecule has 2 aliphatic carbocycles. The van der Waals surface area contributed by atoms with Gasteiger partial charge in [-0.05, 0) is 25.7 Å². The van der Waals surface area contributed by atoms with Crippen molar-refractivity contribution in [1.29, 1.82) is 0 Å². The molecule has 0 saturated heterocycles. The molecule has 0 aromatic rings. The van der Waals surface area contributed by atoms with Crippen molar-refractivity contribution in [2.24, 2.45) is 5.92 Å². The molecule has 0 radical (unpaired) electrons. The molecular weight excluding hydrogens is 203 g/mol. The maximum absolute atomic E-state index is 12.9. The Kier molecular flexibility index (Phi) is 2.70. The fourth-order valence-corrected chi connectivity index (χ4v) is 0.967. The van der Waals surface area contributed by atoms with E-state index in [1.807, 2.05) is 0 Å². The Morgan fingerprint density at radius 2 is 1.87 bits per heavy atom. The van der Waals surface area contributed by atoms with Gasteiger partial charge in [-0.25, -0.2) is 4.79 Å². The minimum Gasteiger partial charge on any atom is -0.457 e. The fourth-order valence-electron chi connectivity index (χ4n) is 0.967. The topological polar surface area (TPSA) is 52.6 Å². The van der Waals surface area contributed by atoms with Crippen molar-refractivity contribution in [3.63, 3.8) is 0 Å². The molecule has 0 N–H and O–H groups in total. The molecule has 0 aliphatic heterocycles. The van der Waals surface area contributed by atoms with Gasteiger partial charge in [0.25, 0.3) is 0 Å². The van der Waals surface area contributed by atoms with E-state index in [4.69, 9.17) is 0 Å². The third-order valence-corrected chi connectivity index (χ3v) is 2.18. The third kappa shape index (κ3) is 3.04. The zero-order valence-electron chi connectivity index (χ0n) is 8.07. The molecule has 0 atom stereocenters. The van der Waals surface area contributed by atoms with Gasteiger partial charge in [0.15, 0.2) is 0 Å². The predicted octanol–water partition coefficient (Wildman–Crippen LogP) is 1.46. The lowest BCUT2D eigenvalue weighted by molar-refractivity contribution is -0.143. The molecule has 0 heterocycles. The summed E-state index contributed by atoms with van der Waals surface area (Å²) >= 11 is 0. The summed E-state index contributed by atoms with van der Waals surface area (Å²) in [6.45, 7) is 0. The van der Waals surface area contributed by atoms with Gasteiger partial charge in [-0.15, -0.1) is 0 Å². The Hall–Kier alpha value is -1.39. The van der Waals surface area contributed by atoms with Crippen molar-refractivity contribution in [1.82, 2.24) is 0 Å². The molecule has 0 unspecified atom stereocenters. The number of carbonyl (C=O) groups is 2. The van der Waals surface area contributed by atoms with Gasteiger partial charge in [0, 0.05) is 0 Å². The summed E-state index contributed by atoms with van der Waals surface area (Å²) in [4.78, 5) is 21.9. The first-order valence-corrected chi connectivity index (χ1v) is 4.94. The Balaban J connectivity index is 1.76. The van der Waals surface area contributed by atoms with Crippen molar-refractivity contribution in [2.75, 3.05) is 0 Å². The van der Waals surface area contributed by atoms with E-state index in [1.165, 1.54) is 0 Å². The molecule has 15 heavy (non-hydrogen) atoms. The van der Waals surface area contributed by atoms with E-state index in [0.29, 0.717) is 6.26 Å². The van der Waals surface area contributed by atoms with Crippen molar-refractivity contribution in [2.45, 2.75) is 31.8 Å². The number of carbonyl (C=O) groups excluding carboxylic acids is 2. The highest BCUT2D eigenvalue weighted by Crippen LogP contribution is 2.30.